The van der Waals surface area contributed by atoms with E-state index in [2.05, 4.69) is 18.7 Å². The second-order valence-corrected chi connectivity index (χ2v) is 4.79. The van der Waals surface area contributed by atoms with Crippen LogP contribution in [0.4, 0.5) is 0 Å². The second kappa shape index (κ2) is 4.49. The normalized spacial score (nSPS) is 24.3. The maximum Gasteiger partial charge on any atom is 0.254 e. The molecular weight excluding hydrogens is 192 g/mol. The average molecular weight is 214 g/mol. The average Bonchev–Trinajstić information content (AvgIpc) is 2.15. The first-order valence-corrected chi connectivity index (χ1v) is 5.62. The van der Waals surface area contributed by atoms with Gasteiger partial charge >= 0.3 is 0 Å². The van der Waals surface area contributed by atoms with Crippen LogP contribution < -0.4 is 0 Å². The molecular formula is C11H22N2O2. The van der Waals surface area contributed by atoms with E-state index < -0.39 is 5.60 Å². The van der Waals surface area contributed by atoms with Crippen molar-refractivity contribution in [1.29, 1.82) is 0 Å². The van der Waals surface area contributed by atoms with E-state index in [1.165, 1.54) is 0 Å². The van der Waals surface area contributed by atoms with Crippen molar-refractivity contribution in [2.24, 2.45) is 0 Å². The molecule has 1 saturated heterocycles. The van der Waals surface area contributed by atoms with Crippen molar-refractivity contribution in [3.05, 3.63) is 0 Å². The fourth-order valence-electron chi connectivity index (χ4n) is 2.04. The molecule has 4 heteroatoms. The smallest absolute Gasteiger partial charge is 0.254 e. The predicted octanol–water partition coefficient (Wildman–Crippen LogP) is 0.310. The Morgan fingerprint density at radius 3 is 2.47 bits per heavy atom. The zero-order valence-electron chi connectivity index (χ0n) is 10.2. The Balaban J connectivity index is 2.58. The second-order valence-electron chi connectivity index (χ2n) is 4.79. The highest BCUT2D eigenvalue weighted by Gasteiger charge is 2.33. The predicted molar refractivity (Wildman–Crippen MR) is 59.6 cm³/mol. The summed E-state index contributed by atoms with van der Waals surface area (Å²) in [6.45, 7) is 10.7. The molecule has 0 aromatic heterocycles. The molecule has 0 radical (unpaired) electrons. The van der Waals surface area contributed by atoms with Crippen LogP contribution in [0.15, 0.2) is 0 Å². The summed E-state index contributed by atoms with van der Waals surface area (Å²) in [6, 6.07) is 0.384. The summed E-state index contributed by atoms with van der Waals surface area (Å²) in [4.78, 5) is 15.9. The van der Waals surface area contributed by atoms with E-state index >= 15 is 0 Å². The molecule has 1 N–H and O–H groups in total. The van der Waals surface area contributed by atoms with Gasteiger partial charge < -0.3 is 10.0 Å². The lowest BCUT2D eigenvalue weighted by molar-refractivity contribution is -0.150. The van der Waals surface area contributed by atoms with Crippen LogP contribution in [0.25, 0.3) is 0 Å². The van der Waals surface area contributed by atoms with E-state index in [4.69, 9.17) is 0 Å². The van der Waals surface area contributed by atoms with Gasteiger partial charge in [0.25, 0.3) is 5.91 Å². The summed E-state index contributed by atoms with van der Waals surface area (Å²) in [5, 5.41) is 9.64. The van der Waals surface area contributed by atoms with E-state index in [1.807, 2.05) is 0 Å². The first-order chi connectivity index (χ1) is 6.86. The van der Waals surface area contributed by atoms with Crippen LogP contribution in [-0.2, 0) is 4.79 Å². The highest BCUT2D eigenvalue weighted by atomic mass is 16.3. The van der Waals surface area contributed by atoms with E-state index in [0.717, 1.165) is 26.2 Å². The third-order valence-electron chi connectivity index (χ3n) is 2.98. The van der Waals surface area contributed by atoms with Crippen LogP contribution in [0.5, 0.6) is 0 Å². The number of rotatable bonds is 2. The summed E-state index contributed by atoms with van der Waals surface area (Å²) in [7, 11) is 0. The molecule has 15 heavy (non-hydrogen) atoms. The van der Waals surface area contributed by atoms with Crippen LogP contribution in [0.2, 0.25) is 0 Å². The molecule has 0 spiro atoms. The van der Waals surface area contributed by atoms with Gasteiger partial charge in [0.05, 0.1) is 0 Å². The minimum Gasteiger partial charge on any atom is -0.381 e. The Labute approximate surface area is 91.9 Å². The number of piperazine rings is 1. The maximum atomic E-state index is 11.8. The first kappa shape index (κ1) is 12.5. The van der Waals surface area contributed by atoms with Crippen molar-refractivity contribution in [2.75, 3.05) is 26.2 Å². The summed E-state index contributed by atoms with van der Waals surface area (Å²) in [5.74, 6) is -0.162. The molecule has 1 atom stereocenters. The number of nitrogens with zero attached hydrogens (tertiary/aromatic N) is 2. The van der Waals surface area contributed by atoms with Gasteiger partial charge in [0.2, 0.25) is 0 Å². The molecule has 0 aromatic carbocycles. The van der Waals surface area contributed by atoms with Crippen molar-refractivity contribution in [2.45, 2.75) is 39.3 Å². The van der Waals surface area contributed by atoms with Crippen molar-refractivity contribution in [3.8, 4) is 0 Å². The molecule has 0 bridgehead atoms. The summed E-state index contributed by atoms with van der Waals surface area (Å²) < 4.78 is 0. The Kier molecular flexibility index (Phi) is 3.73. The van der Waals surface area contributed by atoms with E-state index in [-0.39, 0.29) is 5.91 Å². The Morgan fingerprint density at radius 2 is 2.07 bits per heavy atom. The standard InChI is InChI=1S/C11H22N2O2/c1-5-12-6-7-13(8-9(12)2)10(14)11(3,4)15/h9,15H,5-8H2,1-4H3/t9-/m0/s1. The highest BCUT2D eigenvalue weighted by Crippen LogP contribution is 2.14. The number of hydrogen-bond donors (Lipinski definition) is 1. The highest BCUT2D eigenvalue weighted by molar-refractivity contribution is 5.84. The fourth-order valence-corrected chi connectivity index (χ4v) is 2.04. The van der Waals surface area contributed by atoms with Crippen molar-refractivity contribution in [3.63, 3.8) is 0 Å². The monoisotopic (exact) mass is 214 g/mol. The van der Waals surface area contributed by atoms with Gasteiger partial charge in [0, 0.05) is 25.7 Å². The number of likely N-dealkylation sites (N-methyl/N-ethyl adjacent to an activating group) is 1. The molecule has 0 aliphatic carbocycles. The minimum absolute atomic E-state index is 0.162. The fraction of sp³-hybridized carbons (Fsp3) is 0.909. The van der Waals surface area contributed by atoms with Crippen LogP contribution >= 0.6 is 0 Å². The van der Waals surface area contributed by atoms with E-state index in [0.29, 0.717) is 6.04 Å². The molecule has 0 aromatic rings. The van der Waals surface area contributed by atoms with Gasteiger partial charge in [-0.05, 0) is 27.3 Å². The molecule has 1 aliphatic heterocycles. The molecule has 1 heterocycles. The van der Waals surface area contributed by atoms with Gasteiger partial charge in [-0.25, -0.2) is 0 Å². The molecule has 1 rings (SSSR count). The molecule has 4 nitrogen and oxygen atoms in total. The van der Waals surface area contributed by atoms with Crippen molar-refractivity contribution >= 4 is 5.91 Å². The zero-order valence-corrected chi connectivity index (χ0v) is 10.2. The SMILES string of the molecule is CCN1CCN(C(=O)C(C)(C)O)C[C@@H]1C. The molecule has 0 unspecified atom stereocenters. The number of carbonyl (C=O) groups excluding carboxylic acids is 1. The first-order valence-electron chi connectivity index (χ1n) is 5.62. The molecule has 1 fully saturated rings. The number of hydrogen-bond acceptors (Lipinski definition) is 3. The topological polar surface area (TPSA) is 43.8 Å². The molecule has 1 amide bonds. The zero-order chi connectivity index (χ0) is 11.6. The van der Waals surface area contributed by atoms with Crippen molar-refractivity contribution < 1.29 is 9.90 Å². The van der Waals surface area contributed by atoms with Crippen molar-refractivity contribution in [1.82, 2.24) is 9.80 Å². The lowest BCUT2D eigenvalue weighted by Gasteiger charge is -2.41. The van der Waals surface area contributed by atoms with Gasteiger partial charge in [-0.1, -0.05) is 6.92 Å². The minimum atomic E-state index is -1.24. The van der Waals surface area contributed by atoms with E-state index in [1.54, 1.807) is 18.7 Å². The third-order valence-corrected chi connectivity index (χ3v) is 2.98. The number of carbonyl (C=O) groups is 1. The van der Waals surface area contributed by atoms with Crippen LogP contribution in [-0.4, -0.2) is 58.6 Å². The number of aliphatic hydroxyl groups is 1. The Bertz CT molecular complexity index is 235. The summed E-state index contributed by atoms with van der Waals surface area (Å²) in [5.41, 5.74) is -1.24. The lowest BCUT2D eigenvalue weighted by atomic mass is 10.1. The maximum absolute atomic E-state index is 11.8. The molecule has 0 saturated carbocycles. The summed E-state index contributed by atoms with van der Waals surface area (Å²) in [6.07, 6.45) is 0. The van der Waals surface area contributed by atoms with Gasteiger partial charge in [0.1, 0.15) is 5.60 Å². The quantitative estimate of drug-likeness (QED) is 0.719. The van der Waals surface area contributed by atoms with Gasteiger partial charge in [0.15, 0.2) is 0 Å². The Hall–Kier alpha value is -0.610. The van der Waals surface area contributed by atoms with Gasteiger partial charge in [-0.15, -0.1) is 0 Å². The van der Waals surface area contributed by atoms with Crippen LogP contribution in [0.1, 0.15) is 27.7 Å². The Morgan fingerprint density at radius 1 is 1.47 bits per heavy atom. The van der Waals surface area contributed by atoms with Crippen LogP contribution in [0, 0.1) is 0 Å². The third kappa shape index (κ3) is 2.92. The number of amides is 1. The van der Waals surface area contributed by atoms with Gasteiger partial charge in [-0.3, -0.25) is 9.69 Å². The molecule has 88 valence electrons. The van der Waals surface area contributed by atoms with Crippen LogP contribution in [0.3, 0.4) is 0 Å². The summed E-state index contributed by atoms with van der Waals surface area (Å²) >= 11 is 0. The van der Waals surface area contributed by atoms with E-state index in [9.17, 15) is 9.90 Å². The largest absolute Gasteiger partial charge is 0.381 e. The van der Waals surface area contributed by atoms with Gasteiger partial charge in [-0.2, -0.15) is 0 Å². The molecule has 1 aliphatic rings. The lowest BCUT2D eigenvalue weighted by Crippen LogP contribution is -2.57.